The molecule has 0 atom stereocenters. The number of rotatable bonds is 7. The Morgan fingerprint density at radius 2 is 2.27 bits per heavy atom. The van der Waals surface area contributed by atoms with Gasteiger partial charge in [-0.3, -0.25) is 9.78 Å². The quantitative estimate of drug-likeness (QED) is 0.197. The van der Waals surface area contributed by atoms with Gasteiger partial charge in [-0.05, 0) is 35.8 Å². The lowest BCUT2D eigenvalue weighted by molar-refractivity contribution is -0.354. The van der Waals surface area contributed by atoms with Gasteiger partial charge >= 0.3 is 5.84 Å². The highest BCUT2D eigenvalue weighted by Gasteiger charge is 2.13. The maximum Gasteiger partial charge on any atom is 0.388 e. The number of hydrogen-bond donors (Lipinski definition) is 2. The van der Waals surface area contributed by atoms with E-state index in [1.807, 2.05) is 6.92 Å². The zero-order valence-electron chi connectivity index (χ0n) is 12.2. The van der Waals surface area contributed by atoms with Gasteiger partial charge in [-0.15, -0.1) is 0 Å². The molecule has 118 valence electrons. The summed E-state index contributed by atoms with van der Waals surface area (Å²) in [5.41, 5.74) is 7.31. The Balaban J connectivity index is 2.70. The second kappa shape index (κ2) is 8.50. The molecule has 0 bridgehead atoms. The molecule has 1 aromatic rings. The van der Waals surface area contributed by atoms with Crippen LogP contribution >= 0.6 is 0 Å². The molecular formula is C14H18N4O4. The molecule has 22 heavy (non-hydrogen) atoms. The lowest BCUT2D eigenvalue weighted by Crippen LogP contribution is -2.17. The number of oxime groups is 1. The fourth-order valence-electron chi connectivity index (χ4n) is 2.01. The van der Waals surface area contributed by atoms with E-state index in [0.29, 0.717) is 30.5 Å². The van der Waals surface area contributed by atoms with Crippen molar-refractivity contribution >= 4 is 11.7 Å². The highest BCUT2D eigenvalue weighted by Crippen LogP contribution is 2.14. The van der Waals surface area contributed by atoms with Crippen molar-refractivity contribution < 1.29 is 14.9 Å². The maximum atomic E-state index is 11.5. The normalized spacial score (nSPS) is 11.8. The lowest BCUT2D eigenvalue weighted by atomic mass is 10.0. The fourth-order valence-corrected chi connectivity index (χ4v) is 2.01. The number of carbonyl (C=O) groups excluding carboxylic acids is 1. The van der Waals surface area contributed by atoms with Crippen molar-refractivity contribution in [2.75, 3.05) is 0 Å². The van der Waals surface area contributed by atoms with Crippen LogP contribution in [0.15, 0.2) is 29.6 Å². The van der Waals surface area contributed by atoms with E-state index in [0.717, 1.165) is 5.56 Å². The Hall–Kier alpha value is -2.77. The monoisotopic (exact) mass is 306 g/mol. The van der Waals surface area contributed by atoms with Crippen molar-refractivity contribution in [3.05, 3.63) is 51.4 Å². The summed E-state index contributed by atoms with van der Waals surface area (Å²) < 4.78 is 0. The van der Waals surface area contributed by atoms with Crippen LogP contribution in [0.25, 0.3) is 0 Å². The molecule has 0 fully saturated rings. The average molecular weight is 306 g/mol. The Bertz CT molecular complexity index is 611. The standard InChI is InChI=1S/C14H18N4O4/c1-2-10-8-9-16-11(13(10)14(15)19)6-4-3-5-7-12(17-20)18(21)22/h3,5,8-9,20H,2,4,6-7H2,1H3,(H2,15,19)/b5-3+,17-12-. The number of primary amides is 1. The van der Waals surface area contributed by atoms with Crippen LogP contribution in [0.4, 0.5) is 0 Å². The third-order valence-electron chi connectivity index (χ3n) is 3.08. The van der Waals surface area contributed by atoms with Crippen molar-refractivity contribution in [1.29, 1.82) is 0 Å². The van der Waals surface area contributed by atoms with E-state index < -0.39 is 16.7 Å². The smallest absolute Gasteiger partial charge is 0.366 e. The molecule has 0 aliphatic rings. The van der Waals surface area contributed by atoms with Crippen LogP contribution in [-0.2, 0) is 12.8 Å². The number of aryl methyl sites for hydroxylation is 2. The molecule has 0 aliphatic heterocycles. The Morgan fingerprint density at radius 3 is 2.82 bits per heavy atom. The van der Waals surface area contributed by atoms with Crippen molar-refractivity contribution in [3.63, 3.8) is 0 Å². The topological polar surface area (TPSA) is 132 Å². The number of hydrogen-bond acceptors (Lipinski definition) is 6. The number of carbonyl (C=O) groups is 1. The van der Waals surface area contributed by atoms with Crippen LogP contribution in [-0.4, -0.2) is 26.9 Å². The van der Waals surface area contributed by atoms with Gasteiger partial charge in [-0.25, -0.2) is 0 Å². The number of nitrogens with two attached hydrogens (primary N) is 1. The van der Waals surface area contributed by atoms with Gasteiger partial charge in [0, 0.05) is 6.20 Å². The predicted octanol–water partition coefficient (Wildman–Crippen LogP) is 1.69. The summed E-state index contributed by atoms with van der Waals surface area (Å²) in [6, 6.07) is 1.76. The Morgan fingerprint density at radius 1 is 1.55 bits per heavy atom. The van der Waals surface area contributed by atoms with Crippen molar-refractivity contribution in [1.82, 2.24) is 4.98 Å². The van der Waals surface area contributed by atoms with E-state index in [1.165, 1.54) is 6.08 Å². The summed E-state index contributed by atoms with van der Waals surface area (Å²) in [5, 5.41) is 21.5. The molecule has 0 saturated carbocycles. The molecule has 3 N–H and O–H groups in total. The average Bonchev–Trinajstić information content (AvgIpc) is 2.49. The summed E-state index contributed by atoms with van der Waals surface area (Å²) in [7, 11) is 0. The first kappa shape index (κ1) is 17.3. The SMILES string of the molecule is CCc1ccnc(CC/C=C/C/C(=N/O)[N+](=O)[O-])c1C(N)=O. The summed E-state index contributed by atoms with van der Waals surface area (Å²) in [5.74, 6) is -1.04. The fraction of sp³-hybridized carbons (Fsp3) is 0.357. The number of amidine groups is 1. The number of aromatic nitrogens is 1. The van der Waals surface area contributed by atoms with Crippen molar-refractivity contribution in [2.45, 2.75) is 32.6 Å². The van der Waals surface area contributed by atoms with E-state index in [9.17, 15) is 14.9 Å². The van der Waals surface area contributed by atoms with Crippen LogP contribution in [0.1, 0.15) is 41.4 Å². The Labute approximate surface area is 127 Å². The largest absolute Gasteiger partial charge is 0.388 e. The van der Waals surface area contributed by atoms with Crippen LogP contribution in [0.5, 0.6) is 0 Å². The molecule has 1 aromatic heterocycles. The van der Waals surface area contributed by atoms with Gasteiger partial charge in [0.1, 0.15) is 0 Å². The minimum absolute atomic E-state index is 0.0748. The van der Waals surface area contributed by atoms with Gasteiger partial charge in [0.05, 0.1) is 17.7 Å². The van der Waals surface area contributed by atoms with Gasteiger partial charge in [-0.2, -0.15) is 0 Å². The van der Waals surface area contributed by atoms with Crippen LogP contribution in [0, 0.1) is 10.1 Å². The van der Waals surface area contributed by atoms with E-state index in [-0.39, 0.29) is 6.42 Å². The highest BCUT2D eigenvalue weighted by atomic mass is 16.6. The molecule has 0 aromatic carbocycles. The van der Waals surface area contributed by atoms with Crippen LogP contribution in [0.2, 0.25) is 0 Å². The van der Waals surface area contributed by atoms with E-state index >= 15 is 0 Å². The first-order chi connectivity index (χ1) is 10.5. The first-order valence-electron chi connectivity index (χ1n) is 6.78. The first-order valence-corrected chi connectivity index (χ1v) is 6.78. The maximum absolute atomic E-state index is 11.5. The van der Waals surface area contributed by atoms with Gasteiger partial charge in [-0.1, -0.05) is 19.1 Å². The summed E-state index contributed by atoms with van der Waals surface area (Å²) >= 11 is 0. The molecule has 1 heterocycles. The molecular weight excluding hydrogens is 288 g/mol. The van der Waals surface area contributed by atoms with E-state index in [1.54, 1.807) is 18.3 Å². The number of nitro groups is 1. The molecule has 0 unspecified atom stereocenters. The third kappa shape index (κ3) is 4.65. The summed E-state index contributed by atoms with van der Waals surface area (Å²) in [6.45, 7) is 1.93. The zero-order chi connectivity index (χ0) is 16.5. The minimum Gasteiger partial charge on any atom is -0.366 e. The molecule has 1 amide bonds. The van der Waals surface area contributed by atoms with Crippen molar-refractivity contribution in [3.8, 4) is 0 Å². The minimum atomic E-state index is -0.748. The third-order valence-corrected chi connectivity index (χ3v) is 3.08. The van der Waals surface area contributed by atoms with E-state index in [4.69, 9.17) is 10.9 Å². The summed E-state index contributed by atoms with van der Waals surface area (Å²) in [6.07, 6.45) is 6.51. The second-order valence-corrected chi connectivity index (χ2v) is 4.50. The number of amides is 1. The molecule has 0 spiro atoms. The van der Waals surface area contributed by atoms with Gasteiger partial charge in [0.25, 0.3) is 5.91 Å². The summed E-state index contributed by atoms with van der Waals surface area (Å²) in [4.78, 5) is 25.4. The molecule has 8 nitrogen and oxygen atoms in total. The van der Waals surface area contributed by atoms with E-state index in [2.05, 4.69) is 10.1 Å². The number of nitrogens with zero attached hydrogens (tertiary/aromatic N) is 3. The van der Waals surface area contributed by atoms with Crippen LogP contribution < -0.4 is 5.73 Å². The van der Waals surface area contributed by atoms with Gasteiger partial charge in [0.2, 0.25) is 0 Å². The number of pyridine rings is 1. The predicted molar refractivity (Wildman–Crippen MR) is 80.4 cm³/mol. The number of allylic oxidation sites excluding steroid dienone is 1. The van der Waals surface area contributed by atoms with Crippen LogP contribution in [0.3, 0.4) is 0 Å². The Kier molecular flexibility index (Phi) is 6.68. The molecule has 8 heteroatoms. The molecule has 1 rings (SSSR count). The van der Waals surface area contributed by atoms with Gasteiger partial charge < -0.3 is 21.1 Å². The zero-order valence-corrected chi connectivity index (χ0v) is 12.2. The molecule has 0 radical (unpaired) electrons. The molecule has 0 aliphatic carbocycles. The van der Waals surface area contributed by atoms with Crippen molar-refractivity contribution in [2.24, 2.45) is 10.9 Å². The molecule has 0 saturated heterocycles. The van der Waals surface area contributed by atoms with Gasteiger partial charge in [0.15, 0.2) is 5.16 Å². The lowest BCUT2D eigenvalue weighted by Gasteiger charge is -2.09. The highest BCUT2D eigenvalue weighted by molar-refractivity contribution is 5.95. The second-order valence-electron chi connectivity index (χ2n) is 4.50.